The molecule has 5 aromatic rings. The van der Waals surface area contributed by atoms with Crippen molar-refractivity contribution in [3.05, 3.63) is 72.8 Å². The predicted octanol–water partition coefficient (Wildman–Crippen LogP) is 6.03. The van der Waals surface area contributed by atoms with Gasteiger partial charge >= 0.3 is 0 Å². The summed E-state index contributed by atoms with van der Waals surface area (Å²) in [6.07, 6.45) is 0. The predicted molar refractivity (Wildman–Crippen MR) is 95.1 cm³/mol. The monoisotopic (exact) mass is 300 g/mol. The summed E-state index contributed by atoms with van der Waals surface area (Å²) in [7, 11) is -1.10. The molecule has 0 saturated carbocycles. The van der Waals surface area contributed by atoms with E-state index < -0.39 is 10.8 Å². The van der Waals surface area contributed by atoms with Gasteiger partial charge in [0.15, 0.2) is 9.40 Å². The van der Waals surface area contributed by atoms with E-state index in [-0.39, 0.29) is 0 Å². The Hall–Kier alpha value is -2.42. The minimum Gasteiger partial charge on any atom is -0.590 e. The largest absolute Gasteiger partial charge is 0.590 e. The second kappa shape index (κ2) is 4.29. The van der Waals surface area contributed by atoms with Crippen LogP contribution in [0.4, 0.5) is 0 Å². The lowest BCUT2D eigenvalue weighted by atomic mass is 10.0. The molecule has 4 aromatic carbocycles. The second-order valence-electron chi connectivity index (χ2n) is 5.59. The summed E-state index contributed by atoms with van der Waals surface area (Å²) in [6, 6.07) is 24.8. The zero-order chi connectivity index (χ0) is 14.7. The SMILES string of the molecule is [O-][s+]1c2ccc3ccccc3c2c2ccc3ccccc3c21. The maximum atomic E-state index is 13.1. The van der Waals surface area contributed by atoms with Crippen LogP contribution >= 0.6 is 10.8 Å². The third-order valence-corrected chi connectivity index (χ3v) is 5.98. The van der Waals surface area contributed by atoms with E-state index in [1.807, 2.05) is 30.3 Å². The second-order valence-corrected chi connectivity index (χ2v) is 6.98. The van der Waals surface area contributed by atoms with Crippen LogP contribution in [0.1, 0.15) is 0 Å². The topological polar surface area (TPSA) is 23.1 Å². The molecule has 0 amide bonds. The van der Waals surface area contributed by atoms with E-state index in [9.17, 15) is 4.55 Å². The Bertz CT molecular complexity index is 1180. The van der Waals surface area contributed by atoms with Crippen molar-refractivity contribution in [1.82, 2.24) is 0 Å². The van der Waals surface area contributed by atoms with Gasteiger partial charge in [0.05, 0.1) is 5.39 Å². The van der Waals surface area contributed by atoms with Gasteiger partial charge in [-0.3, -0.25) is 0 Å². The van der Waals surface area contributed by atoms with Crippen molar-refractivity contribution in [3.8, 4) is 0 Å². The number of hydrogen-bond donors (Lipinski definition) is 0. The molecule has 0 aliphatic heterocycles. The highest BCUT2D eigenvalue weighted by Gasteiger charge is 2.19. The van der Waals surface area contributed by atoms with Gasteiger partial charge < -0.3 is 4.55 Å². The standard InChI is InChI=1S/C20H12OS/c21-22-18-12-10-13-5-1-3-7-15(13)19(18)17-11-9-14-6-2-4-8-16(14)20(17)22/h1-12H. The lowest BCUT2D eigenvalue weighted by Gasteiger charge is -1.98. The first kappa shape index (κ1) is 12.2. The van der Waals surface area contributed by atoms with Crippen molar-refractivity contribution >= 4 is 52.5 Å². The maximum absolute atomic E-state index is 13.1. The molecule has 0 radical (unpaired) electrons. The normalized spacial score (nSPS) is 12.7. The molecule has 1 unspecified atom stereocenters. The van der Waals surface area contributed by atoms with Gasteiger partial charge in [0.1, 0.15) is 0 Å². The zero-order valence-corrected chi connectivity index (χ0v) is 12.6. The van der Waals surface area contributed by atoms with Crippen LogP contribution < -0.4 is 0 Å². The highest BCUT2D eigenvalue weighted by Crippen LogP contribution is 2.46. The highest BCUT2D eigenvalue weighted by molar-refractivity contribution is 7.38. The van der Waals surface area contributed by atoms with E-state index in [2.05, 4.69) is 42.5 Å². The van der Waals surface area contributed by atoms with E-state index in [0.29, 0.717) is 0 Å². The fourth-order valence-electron chi connectivity index (χ4n) is 3.43. The Labute approximate surface area is 130 Å². The van der Waals surface area contributed by atoms with E-state index in [1.54, 1.807) is 0 Å². The molecule has 0 fully saturated rings. The Morgan fingerprint density at radius 1 is 0.591 bits per heavy atom. The summed E-state index contributed by atoms with van der Waals surface area (Å²) in [5.41, 5.74) is 0. The van der Waals surface area contributed by atoms with Crippen molar-refractivity contribution in [2.24, 2.45) is 0 Å². The Balaban J connectivity index is 2.16. The van der Waals surface area contributed by atoms with Crippen molar-refractivity contribution in [1.29, 1.82) is 0 Å². The summed E-state index contributed by atoms with van der Waals surface area (Å²) in [5.74, 6) is 0. The average Bonchev–Trinajstić information content (AvgIpc) is 2.88. The van der Waals surface area contributed by atoms with Gasteiger partial charge in [-0.15, -0.1) is 0 Å². The quantitative estimate of drug-likeness (QED) is 0.320. The zero-order valence-electron chi connectivity index (χ0n) is 11.7. The first-order valence-electron chi connectivity index (χ1n) is 7.30. The Morgan fingerprint density at radius 2 is 1.23 bits per heavy atom. The van der Waals surface area contributed by atoms with Crippen molar-refractivity contribution in [2.45, 2.75) is 0 Å². The van der Waals surface area contributed by atoms with Gasteiger partial charge in [-0.05, 0) is 51.2 Å². The van der Waals surface area contributed by atoms with Crippen LogP contribution in [0.5, 0.6) is 0 Å². The molecule has 2 heteroatoms. The minimum absolute atomic E-state index is 0.935. The summed E-state index contributed by atoms with van der Waals surface area (Å²) in [4.78, 5) is 0. The number of fused-ring (bicyclic) bond motifs is 7. The van der Waals surface area contributed by atoms with Gasteiger partial charge in [0, 0.05) is 10.8 Å². The molecule has 5 rings (SSSR count). The number of benzene rings is 4. The Morgan fingerprint density at radius 3 is 2.05 bits per heavy atom. The molecular formula is C20H12OS. The summed E-state index contributed by atoms with van der Waals surface area (Å²) in [6.45, 7) is 0. The molecule has 0 bridgehead atoms. The molecule has 0 spiro atoms. The lowest BCUT2D eigenvalue weighted by Crippen LogP contribution is -1.74. The van der Waals surface area contributed by atoms with Gasteiger partial charge in [-0.2, -0.15) is 0 Å². The molecule has 1 aromatic heterocycles. The molecule has 104 valence electrons. The molecule has 0 N–H and O–H groups in total. The van der Waals surface area contributed by atoms with Gasteiger partial charge in [0.2, 0.25) is 0 Å². The molecular weight excluding hydrogens is 288 g/mol. The molecule has 1 nitrogen and oxygen atoms in total. The number of rotatable bonds is 0. The minimum atomic E-state index is -1.10. The highest BCUT2D eigenvalue weighted by atomic mass is 32.2. The van der Waals surface area contributed by atoms with E-state index in [0.717, 1.165) is 30.9 Å². The van der Waals surface area contributed by atoms with Crippen molar-refractivity contribution in [2.75, 3.05) is 0 Å². The number of hydrogen-bond acceptors (Lipinski definition) is 1. The van der Waals surface area contributed by atoms with E-state index in [4.69, 9.17) is 0 Å². The average molecular weight is 300 g/mol. The molecule has 1 heterocycles. The fraction of sp³-hybridized carbons (Fsp3) is 0. The molecule has 1 atom stereocenters. The molecule has 22 heavy (non-hydrogen) atoms. The Kier molecular flexibility index (Phi) is 2.37. The van der Waals surface area contributed by atoms with Crippen molar-refractivity contribution < 1.29 is 4.55 Å². The van der Waals surface area contributed by atoms with Crippen LogP contribution in [0, 0.1) is 0 Å². The summed E-state index contributed by atoms with van der Waals surface area (Å²) < 4.78 is 15.0. The van der Waals surface area contributed by atoms with Gasteiger partial charge in [-0.25, -0.2) is 0 Å². The van der Waals surface area contributed by atoms with Crippen molar-refractivity contribution in [3.63, 3.8) is 0 Å². The molecule has 0 saturated heterocycles. The van der Waals surface area contributed by atoms with Crippen LogP contribution in [-0.2, 0) is 0 Å². The lowest BCUT2D eigenvalue weighted by molar-refractivity contribution is 0.602. The van der Waals surface area contributed by atoms with Gasteiger partial charge in [0.25, 0.3) is 0 Å². The van der Waals surface area contributed by atoms with E-state index >= 15 is 0 Å². The molecule has 0 aliphatic carbocycles. The smallest absolute Gasteiger partial charge is 0.188 e. The van der Waals surface area contributed by atoms with Crippen LogP contribution in [0.15, 0.2) is 72.8 Å². The summed E-state index contributed by atoms with van der Waals surface area (Å²) >= 11 is 0. The van der Waals surface area contributed by atoms with Crippen LogP contribution in [0.2, 0.25) is 0 Å². The van der Waals surface area contributed by atoms with Crippen LogP contribution in [0.3, 0.4) is 0 Å². The first-order valence-corrected chi connectivity index (χ1v) is 8.45. The van der Waals surface area contributed by atoms with Gasteiger partial charge in [-0.1, -0.05) is 48.5 Å². The van der Waals surface area contributed by atoms with Crippen LogP contribution in [-0.4, -0.2) is 4.55 Å². The summed E-state index contributed by atoms with van der Waals surface area (Å²) in [5, 5.41) is 6.87. The maximum Gasteiger partial charge on any atom is 0.188 e. The third kappa shape index (κ3) is 1.46. The number of thiophene rings is 1. The first-order chi connectivity index (χ1) is 10.8. The van der Waals surface area contributed by atoms with E-state index in [1.165, 1.54) is 10.8 Å². The molecule has 0 aliphatic rings. The van der Waals surface area contributed by atoms with Crippen LogP contribution in [0.25, 0.3) is 41.7 Å². The third-order valence-electron chi connectivity index (χ3n) is 4.42. The fourth-order valence-corrected chi connectivity index (χ4v) is 5.01.